The maximum Gasteiger partial charge on any atom is 0.255 e. The van der Waals surface area contributed by atoms with Crippen LogP contribution in [-0.4, -0.2) is 40.2 Å². The highest BCUT2D eigenvalue weighted by molar-refractivity contribution is 7.15. The van der Waals surface area contributed by atoms with Crippen molar-refractivity contribution in [2.45, 2.75) is 57.6 Å². The molecule has 3 heterocycles. The van der Waals surface area contributed by atoms with E-state index in [9.17, 15) is 4.79 Å². The van der Waals surface area contributed by atoms with E-state index in [1.807, 2.05) is 32.2 Å². The van der Waals surface area contributed by atoms with Gasteiger partial charge in [0, 0.05) is 23.7 Å². The van der Waals surface area contributed by atoms with Gasteiger partial charge in [0.2, 0.25) is 0 Å². The Morgan fingerprint density at radius 2 is 2.06 bits per heavy atom. The van der Waals surface area contributed by atoms with E-state index in [-0.39, 0.29) is 18.1 Å². The molecule has 1 aromatic carbocycles. The molecule has 1 aliphatic carbocycles. The van der Waals surface area contributed by atoms with Gasteiger partial charge in [-0.15, -0.1) is 11.3 Å². The lowest BCUT2D eigenvalue weighted by Crippen LogP contribution is -2.28. The Hall–Kier alpha value is -2.84. The fourth-order valence-corrected chi connectivity index (χ4v) is 5.16. The first-order chi connectivity index (χ1) is 16.1. The second-order valence-electron chi connectivity index (χ2n) is 8.76. The monoisotopic (exact) mass is 464 g/mol. The molecule has 1 saturated carbocycles. The van der Waals surface area contributed by atoms with E-state index in [1.54, 1.807) is 29.8 Å². The van der Waals surface area contributed by atoms with Crippen molar-refractivity contribution in [3.8, 4) is 16.3 Å². The topological polar surface area (TPSA) is 86.2 Å². The lowest BCUT2D eigenvalue weighted by molar-refractivity contribution is 0.0928. The van der Waals surface area contributed by atoms with Gasteiger partial charge in [-0.2, -0.15) is 0 Å². The molecule has 2 aliphatic rings. The third kappa shape index (κ3) is 4.77. The number of nitrogens with zero attached hydrogens (tertiary/aromatic N) is 3. The van der Waals surface area contributed by atoms with Gasteiger partial charge < -0.3 is 14.8 Å². The van der Waals surface area contributed by atoms with Crippen LogP contribution in [0.25, 0.3) is 10.6 Å². The van der Waals surface area contributed by atoms with Crippen molar-refractivity contribution in [3.05, 3.63) is 58.6 Å². The van der Waals surface area contributed by atoms with Gasteiger partial charge in [0.25, 0.3) is 5.91 Å². The normalized spacial score (nSPS) is 19.2. The van der Waals surface area contributed by atoms with E-state index in [4.69, 9.17) is 14.5 Å². The molecule has 5 rings (SSSR count). The second kappa shape index (κ2) is 9.57. The molecule has 172 valence electrons. The van der Waals surface area contributed by atoms with Crippen LogP contribution in [0.15, 0.2) is 36.8 Å². The molecular weight excluding hydrogens is 436 g/mol. The summed E-state index contributed by atoms with van der Waals surface area (Å²) in [6, 6.07) is 5.39. The molecule has 8 heteroatoms. The van der Waals surface area contributed by atoms with E-state index in [1.165, 1.54) is 24.1 Å². The number of ether oxygens (including phenoxy) is 2. The van der Waals surface area contributed by atoms with Crippen molar-refractivity contribution in [2.24, 2.45) is 0 Å². The average Bonchev–Trinajstić information content (AvgIpc) is 3.45. The van der Waals surface area contributed by atoms with E-state index in [2.05, 4.69) is 15.3 Å². The average molecular weight is 465 g/mol. The number of amides is 1. The third-order valence-electron chi connectivity index (χ3n) is 6.29. The molecular formula is C25H28N4O3S. The number of aromatic nitrogens is 3. The number of carbonyl (C=O) groups is 1. The summed E-state index contributed by atoms with van der Waals surface area (Å²) in [7, 11) is 0. The Morgan fingerprint density at radius 1 is 1.18 bits per heavy atom. The van der Waals surface area contributed by atoms with Gasteiger partial charge in [-0.3, -0.25) is 14.8 Å². The predicted molar refractivity (Wildman–Crippen MR) is 127 cm³/mol. The number of rotatable bonds is 7. The quantitative estimate of drug-likeness (QED) is 0.539. The highest BCUT2D eigenvalue weighted by Gasteiger charge is 2.27. The summed E-state index contributed by atoms with van der Waals surface area (Å²) >= 11 is 1.70. The lowest BCUT2D eigenvalue weighted by atomic mass is 9.85. The van der Waals surface area contributed by atoms with Crippen molar-refractivity contribution in [1.29, 1.82) is 0 Å². The minimum atomic E-state index is -0.290. The van der Waals surface area contributed by atoms with Gasteiger partial charge in [0.1, 0.15) is 16.9 Å². The van der Waals surface area contributed by atoms with Crippen LogP contribution in [-0.2, 0) is 4.74 Å². The molecule has 2 atom stereocenters. The number of aryl methyl sites for hydroxylation is 1. The molecule has 33 heavy (non-hydrogen) atoms. The van der Waals surface area contributed by atoms with Crippen molar-refractivity contribution in [1.82, 2.24) is 20.3 Å². The Morgan fingerprint density at radius 3 is 2.76 bits per heavy atom. The molecule has 2 fully saturated rings. The highest BCUT2D eigenvalue weighted by atomic mass is 32.1. The van der Waals surface area contributed by atoms with Crippen LogP contribution in [0.5, 0.6) is 5.75 Å². The van der Waals surface area contributed by atoms with Gasteiger partial charge in [0.15, 0.2) is 0 Å². The maximum absolute atomic E-state index is 13.4. The number of carbonyl (C=O) groups excluding carboxylic acids is 1. The summed E-state index contributed by atoms with van der Waals surface area (Å²) in [4.78, 5) is 28.1. The van der Waals surface area contributed by atoms with Crippen LogP contribution in [0.3, 0.4) is 0 Å². The molecule has 1 amide bonds. The van der Waals surface area contributed by atoms with Crippen molar-refractivity contribution < 1.29 is 14.3 Å². The van der Waals surface area contributed by atoms with Crippen LogP contribution < -0.4 is 10.1 Å². The number of thiazole rings is 1. The summed E-state index contributed by atoms with van der Waals surface area (Å²) in [6.07, 6.45) is 9.85. The van der Waals surface area contributed by atoms with E-state index in [0.29, 0.717) is 36.1 Å². The Kier molecular flexibility index (Phi) is 6.37. The smallest absolute Gasteiger partial charge is 0.255 e. The number of benzene rings is 1. The second-order valence-corrected chi connectivity index (χ2v) is 9.82. The molecule has 0 bridgehead atoms. The zero-order chi connectivity index (χ0) is 22.8. The molecule has 0 radical (unpaired) electrons. The van der Waals surface area contributed by atoms with Gasteiger partial charge in [0.05, 0.1) is 48.0 Å². The maximum atomic E-state index is 13.4. The molecule has 0 unspecified atom stereocenters. The Balaban J connectivity index is 1.45. The van der Waals surface area contributed by atoms with Crippen LogP contribution in [0.4, 0.5) is 0 Å². The molecule has 0 spiro atoms. The molecule has 1 aliphatic heterocycles. The summed E-state index contributed by atoms with van der Waals surface area (Å²) in [5.41, 5.74) is 2.89. The first-order valence-corrected chi connectivity index (χ1v) is 12.3. The van der Waals surface area contributed by atoms with Gasteiger partial charge >= 0.3 is 0 Å². The van der Waals surface area contributed by atoms with E-state index in [0.717, 1.165) is 22.7 Å². The van der Waals surface area contributed by atoms with Crippen LogP contribution in [0.2, 0.25) is 0 Å². The van der Waals surface area contributed by atoms with Crippen LogP contribution in [0.1, 0.15) is 71.2 Å². The summed E-state index contributed by atoms with van der Waals surface area (Å²) in [5, 5.41) is 3.93. The molecule has 3 aromatic rings. The summed E-state index contributed by atoms with van der Waals surface area (Å²) < 4.78 is 11.9. The number of para-hydroxylation sites is 1. The molecule has 1 N–H and O–H groups in total. The SMILES string of the molecule is Cc1cnc([C@@H](C)NC(=O)c2cccc(-c3ncc(C4CCC4)s3)c2O[C@H]2CCOC2)cn1. The zero-order valence-corrected chi connectivity index (χ0v) is 19.7. The van der Waals surface area contributed by atoms with Gasteiger partial charge in [-0.05, 0) is 44.7 Å². The lowest BCUT2D eigenvalue weighted by Gasteiger charge is -2.23. The fourth-order valence-electron chi connectivity index (χ4n) is 4.05. The van der Waals surface area contributed by atoms with Crippen molar-refractivity contribution >= 4 is 17.2 Å². The summed E-state index contributed by atoms with van der Waals surface area (Å²) in [5.74, 6) is 0.977. The van der Waals surface area contributed by atoms with Crippen molar-refractivity contribution in [2.75, 3.05) is 13.2 Å². The predicted octanol–water partition coefficient (Wildman–Crippen LogP) is 4.83. The molecule has 7 nitrogen and oxygen atoms in total. The van der Waals surface area contributed by atoms with Gasteiger partial charge in [-0.1, -0.05) is 12.5 Å². The van der Waals surface area contributed by atoms with E-state index < -0.39 is 0 Å². The summed E-state index contributed by atoms with van der Waals surface area (Å²) in [6.45, 7) is 4.98. The highest BCUT2D eigenvalue weighted by Crippen LogP contribution is 2.43. The van der Waals surface area contributed by atoms with Crippen LogP contribution >= 0.6 is 11.3 Å². The largest absolute Gasteiger partial charge is 0.486 e. The van der Waals surface area contributed by atoms with Crippen LogP contribution in [0, 0.1) is 6.92 Å². The number of nitrogens with one attached hydrogen (secondary N) is 1. The fraction of sp³-hybridized carbons (Fsp3) is 0.440. The van der Waals surface area contributed by atoms with Crippen molar-refractivity contribution in [3.63, 3.8) is 0 Å². The first-order valence-electron chi connectivity index (χ1n) is 11.5. The Labute approximate surface area is 197 Å². The zero-order valence-electron chi connectivity index (χ0n) is 18.9. The minimum Gasteiger partial charge on any atom is -0.486 e. The van der Waals surface area contributed by atoms with E-state index >= 15 is 0 Å². The number of hydrogen-bond acceptors (Lipinski definition) is 7. The standard InChI is InChI=1S/C25H28N4O3S/c1-15-11-27-21(12-26-15)16(2)29-24(30)19-7-4-8-20(23(19)32-18-9-10-31-14-18)25-28-13-22(33-25)17-5-3-6-17/h4,7-8,11-13,16-18H,3,5-6,9-10,14H2,1-2H3,(H,29,30)/t16-,18+/m1/s1. The first kappa shape index (κ1) is 22.0. The third-order valence-corrected chi connectivity index (χ3v) is 7.48. The molecule has 2 aromatic heterocycles. The van der Waals surface area contributed by atoms with Gasteiger partial charge in [-0.25, -0.2) is 4.98 Å². The minimum absolute atomic E-state index is 0.0795. The Bertz CT molecular complexity index is 1120. The molecule has 1 saturated heterocycles. The number of hydrogen-bond donors (Lipinski definition) is 1.